The molecule has 0 heterocycles. The van der Waals surface area contributed by atoms with E-state index in [0.717, 1.165) is 0 Å². The first kappa shape index (κ1) is 17.8. The molecule has 0 aromatic rings. The Morgan fingerprint density at radius 3 is 2.21 bits per heavy atom. The second-order valence-corrected chi connectivity index (χ2v) is 4.21. The lowest BCUT2D eigenvalue weighted by atomic mass is 10.1. The number of rotatable bonds is 7. The minimum atomic E-state index is -4.68. The maximum Gasteiger partial charge on any atom is 0.389 e. The van der Waals surface area contributed by atoms with Gasteiger partial charge in [0.15, 0.2) is 0 Å². The van der Waals surface area contributed by atoms with E-state index in [1.54, 1.807) is 0 Å². The third kappa shape index (κ3) is 9.40. The molecule has 1 unspecified atom stereocenters. The Kier molecular flexibility index (Phi) is 6.41. The number of halogens is 5. The zero-order chi connectivity index (χ0) is 15.3. The van der Waals surface area contributed by atoms with Crippen LogP contribution in [0.2, 0.25) is 0 Å². The predicted molar refractivity (Wildman–Crippen MR) is 56.6 cm³/mol. The smallest absolute Gasteiger partial charge is 0.389 e. The van der Waals surface area contributed by atoms with Gasteiger partial charge in [0.1, 0.15) is 6.61 Å². The van der Waals surface area contributed by atoms with E-state index in [1.165, 1.54) is 6.92 Å². The Hall–Kier alpha value is -1.18. The zero-order valence-electron chi connectivity index (χ0n) is 10.3. The van der Waals surface area contributed by atoms with E-state index in [0.29, 0.717) is 0 Å². The lowest BCUT2D eigenvalue weighted by Crippen LogP contribution is -2.29. The summed E-state index contributed by atoms with van der Waals surface area (Å²) in [5, 5.41) is 9.18. The van der Waals surface area contributed by atoms with Crippen LogP contribution in [0.1, 0.15) is 26.2 Å². The van der Waals surface area contributed by atoms with E-state index in [2.05, 4.69) is 11.3 Å². The van der Waals surface area contributed by atoms with Gasteiger partial charge in [0, 0.05) is 24.8 Å². The number of ether oxygens (including phenoxy) is 1. The SMILES string of the molecule is C=C(C)C(=O)OCC(O)CC(F)(F)CCC(F)(F)F. The average molecular weight is 290 g/mol. The van der Waals surface area contributed by atoms with E-state index >= 15 is 0 Å². The van der Waals surface area contributed by atoms with E-state index in [4.69, 9.17) is 0 Å². The Balaban J connectivity index is 4.12. The molecule has 0 rings (SSSR count). The number of carbonyl (C=O) groups is 1. The molecule has 0 fully saturated rings. The molecule has 0 aromatic heterocycles. The number of aliphatic hydroxyl groups is 1. The highest BCUT2D eigenvalue weighted by atomic mass is 19.4. The fourth-order valence-corrected chi connectivity index (χ4v) is 1.13. The molecule has 3 nitrogen and oxygen atoms in total. The number of aliphatic hydroxyl groups excluding tert-OH is 1. The maximum atomic E-state index is 13.1. The predicted octanol–water partition coefficient (Wildman–Crippen LogP) is 2.83. The Morgan fingerprint density at radius 2 is 1.79 bits per heavy atom. The molecule has 0 saturated heterocycles. The molecule has 1 atom stereocenters. The normalized spacial score (nSPS) is 14.1. The Labute approximate surface area is 107 Å². The van der Waals surface area contributed by atoms with Gasteiger partial charge < -0.3 is 9.84 Å². The van der Waals surface area contributed by atoms with Gasteiger partial charge in [-0.25, -0.2) is 13.6 Å². The summed E-state index contributed by atoms with van der Waals surface area (Å²) in [4.78, 5) is 10.9. The first-order valence-electron chi connectivity index (χ1n) is 5.38. The van der Waals surface area contributed by atoms with E-state index < -0.39 is 50.0 Å². The van der Waals surface area contributed by atoms with E-state index in [-0.39, 0.29) is 5.57 Å². The summed E-state index contributed by atoms with van der Waals surface area (Å²) in [6.07, 6.45) is -10.7. The van der Waals surface area contributed by atoms with Gasteiger partial charge in [-0.15, -0.1) is 0 Å². The average Bonchev–Trinajstić information content (AvgIpc) is 2.21. The summed E-state index contributed by atoms with van der Waals surface area (Å²) in [6, 6.07) is 0. The highest BCUT2D eigenvalue weighted by Gasteiger charge is 2.38. The molecule has 0 radical (unpaired) electrons. The molecule has 0 aliphatic rings. The van der Waals surface area contributed by atoms with Crippen LogP contribution in [-0.4, -0.2) is 35.9 Å². The largest absolute Gasteiger partial charge is 0.460 e. The Bertz CT molecular complexity index is 325. The molecule has 0 aliphatic carbocycles. The van der Waals surface area contributed by atoms with Crippen molar-refractivity contribution in [3.8, 4) is 0 Å². The zero-order valence-corrected chi connectivity index (χ0v) is 10.3. The maximum absolute atomic E-state index is 13.1. The summed E-state index contributed by atoms with van der Waals surface area (Å²) in [5.41, 5.74) is 0.0241. The molecule has 0 bridgehead atoms. The van der Waals surface area contributed by atoms with Crippen LogP contribution in [0.3, 0.4) is 0 Å². The minimum absolute atomic E-state index is 0.0241. The van der Waals surface area contributed by atoms with Crippen LogP contribution in [0.15, 0.2) is 12.2 Å². The van der Waals surface area contributed by atoms with Crippen LogP contribution in [0.5, 0.6) is 0 Å². The molecule has 8 heteroatoms. The molecule has 0 spiro atoms. The highest BCUT2D eigenvalue weighted by Crippen LogP contribution is 2.32. The van der Waals surface area contributed by atoms with Crippen LogP contribution in [-0.2, 0) is 9.53 Å². The molecule has 1 N–H and O–H groups in total. The van der Waals surface area contributed by atoms with Gasteiger partial charge in [0.05, 0.1) is 6.10 Å². The van der Waals surface area contributed by atoms with Crippen molar-refractivity contribution in [3.63, 3.8) is 0 Å². The minimum Gasteiger partial charge on any atom is -0.460 e. The lowest BCUT2D eigenvalue weighted by molar-refractivity contribution is -0.158. The van der Waals surface area contributed by atoms with Crippen molar-refractivity contribution in [1.82, 2.24) is 0 Å². The summed E-state index contributed by atoms with van der Waals surface area (Å²) >= 11 is 0. The van der Waals surface area contributed by atoms with Crippen LogP contribution >= 0.6 is 0 Å². The fraction of sp³-hybridized carbons (Fsp3) is 0.727. The number of hydrogen-bond acceptors (Lipinski definition) is 3. The third-order valence-electron chi connectivity index (χ3n) is 2.06. The van der Waals surface area contributed by atoms with Gasteiger partial charge in [-0.05, 0) is 6.92 Å². The van der Waals surface area contributed by atoms with Gasteiger partial charge >= 0.3 is 12.1 Å². The van der Waals surface area contributed by atoms with Crippen LogP contribution in [0.25, 0.3) is 0 Å². The van der Waals surface area contributed by atoms with E-state index in [1.807, 2.05) is 0 Å². The van der Waals surface area contributed by atoms with Crippen molar-refractivity contribution in [2.24, 2.45) is 0 Å². The molecule has 112 valence electrons. The van der Waals surface area contributed by atoms with Crippen molar-refractivity contribution < 1.29 is 36.6 Å². The van der Waals surface area contributed by atoms with Gasteiger partial charge in [-0.3, -0.25) is 0 Å². The van der Waals surface area contributed by atoms with Gasteiger partial charge in [-0.1, -0.05) is 6.58 Å². The molecular weight excluding hydrogens is 275 g/mol. The van der Waals surface area contributed by atoms with Crippen molar-refractivity contribution >= 4 is 5.97 Å². The second-order valence-electron chi connectivity index (χ2n) is 4.21. The Morgan fingerprint density at radius 1 is 1.26 bits per heavy atom. The summed E-state index contributed by atoms with van der Waals surface area (Å²) in [5.74, 6) is -4.54. The second kappa shape index (κ2) is 6.83. The van der Waals surface area contributed by atoms with Gasteiger partial charge in [0.25, 0.3) is 5.92 Å². The summed E-state index contributed by atoms with van der Waals surface area (Å²) in [7, 11) is 0. The first-order chi connectivity index (χ1) is 8.43. The number of esters is 1. The molecule has 19 heavy (non-hydrogen) atoms. The van der Waals surface area contributed by atoms with Gasteiger partial charge in [0.2, 0.25) is 0 Å². The fourth-order valence-electron chi connectivity index (χ4n) is 1.13. The monoisotopic (exact) mass is 290 g/mol. The standard InChI is InChI=1S/C11H15F5O3/c1-7(2)9(18)19-6-8(17)5-10(12,13)3-4-11(14,15)16/h8,17H,1,3-6H2,2H3. The molecule has 0 amide bonds. The molecule has 0 saturated carbocycles. The van der Waals surface area contributed by atoms with Crippen LogP contribution in [0, 0.1) is 0 Å². The van der Waals surface area contributed by atoms with Gasteiger partial charge in [-0.2, -0.15) is 13.2 Å². The lowest BCUT2D eigenvalue weighted by Gasteiger charge is -2.20. The number of alkyl halides is 5. The number of carbonyl (C=O) groups excluding carboxylic acids is 1. The first-order valence-corrected chi connectivity index (χ1v) is 5.38. The molecular formula is C11H15F5O3. The van der Waals surface area contributed by atoms with Crippen molar-refractivity contribution in [3.05, 3.63) is 12.2 Å². The highest BCUT2D eigenvalue weighted by molar-refractivity contribution is 5.86. The topological polar surface area (TPSA) is 46.5 Å². The van der Waals surface area contributed by atoms with Crippen LogP contribution < -0.4 is 0 Å². The molecule has 0 aromatic carbocycles. The van der Waals surface area contributed by atoms with Crippen molar-refractivity contribution in [2.45, 2.75) is 44.4 Å². The summed E-state index contributed by atoms with van der Waals surface area (Å²) in [6.45, 7) is 3.85. The van der Waals surface area contributed by atoms with Crippen molar-refractivity contribution in [2.75, 3.05) is 6.61 Å². The van der Waals surface area contributed by atoms with E-state index in [9.17, 15) is 31.9 Å². The quantitative estimate of drug-likeness (QED) is 0.445. The summed E-state index contributed by atoms with van der Waals surface area (Å²) < 4.78 is 65.9. The molecule has 0 aliphatic heterocycles. The number of hydrogen-bond donors (Lipinski definition) is 1. The van der Waals surface area contributed by atoms with Crippen LogP contribution in [0.4, 0.5) is 22.0 Å². The third-order valence-corrected chi connectivity index (χ3v) is 2.06. The van der Waals surface area contributed by atoms with Crippen molar-refractivity contribution in [1.29, 1.82) is 0 Å².